The molecule has 2 bridgehead atoms. The van der Waals surface area contributed by atoms with Crippen LogP contribution in [0.1, 0.15) is 58.4 Å². The standard InChI is InChI=1S/C21H24N4O4/c22-9-12-8-13-4-5-15(12)24(13)10-11-2-1-3-14-18(11)21(29)25(20(14)28)16-6-7-17(26)23-19(16)27/h1-3,12-13,15-16H,4-10,22H2,(H,23,26,27)/t12-,13+,15-,16?/m0/s1. The number of fused-ring (bicyclic) bond motifs is 3. The van der Waals surface area contributed by atoms with Gasteiger partial charge in [-0.2, -0.15) is 0 Å². The van der Waals surface area contributed by atoms with Crippen molar-refractivity contribution in [1.29, 1.82) is 0 Å². The maximum atomic E-state index is 13.2. The van der Waals surface area contributed by atoms with Crippen molar-refractivity contribution in [3.05, 3.63) is 34.9 Å². The zero-order valence-corrected chi connectivity index (χ0v) is 16.1. The van der Waals surface area contributed by atoms with Gasteiger partial charge in [0, 0.05) is 25.0 Å². The minimum Gasteiger partial charge on any atom is -0.330 e. The predicted molar refractivity (Wildman–Crippen MR) is 103 cm³/mol. The van der Waals surface area contributed by atoms with Gasteiger partial charge in [-0.15, -0.1) is 0 Å². The van der Waals surface area contributed by atoms with E-state index in [9.17, 15) is 19.2 Å². The largest absolute Gasteiger partial charge is 0.330 e. The molecule has 8 heteroatoms. The lowest BCUT2D eigenvalue weighted by molar-refractivity contribution is -0.136. The first-order valence-corrected chi connectivity index (χ1v) is 10.3. The van der Waals surface area contributed by atoms with E-state index in [1.165, 1.54) is 0 Å². The fourth-order valence-electron chi connectivity index (χ4n) is 5.64. The van der Waals surface area contributed by atoms with Gasteiger partial charge in [-0.05, 0) is 49.8 Å². The lowest BCUT2D eigenvalue weighted by Gasteiger charge is -2.28. The molecule has 0 saturated carbocycles. The number of nitrogens with zero attached hydrogens (tertiary/aromatic N) is 2. The Morgan fingerprint density at radius 3 is 2.62 bits per heavy atom. The zero-order valence-electron chi connectivity index (χ0n) is 16.1. The van der Waals surface area contributed by atoms with Gasteiger partial charge in [0.05, 0.1) is 11.1 Å². The Morgan fingerprint density at radius 1 is 1.07 bits per heavy atom. The summed E-state index contributed by atoms with van der Waals surface area (Å²) in [7, 11) is 0. The minimum absolute atomic E-state index is 0.119. The van der Waals surface area contributed by atoms with Crippen LogP contribution in [0.25, 0.3) is 0 Å². The predicted octanol–water partition coefficient (Wildman–Crippen LogP) is 0.399. The van der Waals surface area contributed by atoms with Crippen molar-refractivity contribution in [2.45, 2.75) is 56.8 Å². The molecular formula is C21H24N4O4. The van der Waals surface area contributed by atoms with Crippen LogP contribution < -0.4 is 11.1 Å². The van der Waals surface area contributed by atoms with Crippen LogP contribution in [0.3, 0.4) is 0 Å². The van der Waals surface area contributed by atoms with Gasteiger partial charge in [-0.3, -0.25) is 34.3 Å². The number of hydrogen-bond donors (Lipinski definition) is 2. The second-order valence-electron chi connectivity index (χ2n) is 8.49. The lowest BCUT2D eigenvalue weighted by atomic mass is 9.89. The van der Waals surface area contributed by atoms with Crippen molar-refractivity contribution in [2.24, 2.45) is 11.7 Å². The first-order chi connectivity index (χ1) is 14.0. The molecule has 3 N–H and O–H groups in total. The number of carbonyl (C=O) groups is 4. The first-order valence-electron chi connectivity index (χ1n) is 10.3. The zero-order chi connectivity index (χ0) is 20.3. The van der Waals surface area contributed by atoms with Crippen molar-refractivity contribution in [1.82, 2.24) is 15.1 Å². The van der Waals surface area contributed by atoms with Gasteiger partial charge < -0.3 is 5.73 Å². The number of amides is 4. The van der Waals surface area contributed by atoms with Crippen molar-refractivity contribution >= 4 is 23.6 Å². The summed E-state index contributed by atoms with van der Waals surface area (Å²) in [5.74, 6) is -1.35. The molecule has 4 aliphatic heterocycles. The van der Waals surface area contributed by atoms with Gasteiger partial charge in [0.2, 0.25) is 11.8 Å². The topological polar surface area (TPSA) is 113 Å². The highest BCUT2D eigenvalue weighted by atomic mass is 16.2. The van der Waals surface area contributed by atoms with Crippen molar-refractivity contribution in [3.63, 3.8) is 0 Å². The first kappa shape index (κ1) is 18.4. The Kier molecular flexibility index (Phi) is 4.29. The molecule has 0 aromatic heterocycles. The van der Waals surface area contributed by atoms with Gasteiger partial charge in [-0.1, -0.05) is 12.1 Å². The molecule has 5 rings (SSSR count). The summed E-state index contributed by atoms with van der Waals surface area (Å²) >= 11 is 0. The average molecular weight is 396 g/mol. The van der Waals surface area contributed by atoms with E-state index in [4.69, 9.17) is 5.73 Å². The van der Waals surface area contributed by atoms with E-state index in [0.29, 0.717) is 42.2 Å². The Balaban J connectivity index is 1.44. The number of nitrogens with two attached hydrogens (primary N) is 1. The smallest absolute Gasteiger partial charge is 0.262 e. The third kappa shape index (κ3) is 2.73. The van der Waals surface area contributed by atoms with Crippen LogP contribution in [0.5, 0.6) is 0 Å². The summed E-state index contributed by atoms with van der Waals surface area (Å²) in [6.45, 7) is 1.28. The molecule has 1 unspecified atom stereocenters. The van der Waals surface area contributed by atoms with Crippen molar-refractivity contribution in [2.75, 3.05) is 6.54 Å². The Bertz CT molecular complexity index is 929. The van der Waals surface area contributed by atoms with Crippen LogP contribution >= 0.6 is 0 Å². The Hall–Kier alpha value is -2.58. The van der Waals surface area contributed by atoms with Gasteiger partial charge in [-0.25, -0.2) is 0 Å². The van der Waals surface area contributed by atoms with Gasteiger partial charge in [0.1, 0.15) is 6.04 Å². The molecule has 152 valence electrons. The third-order valence-corrected chi connectivity index (χ3v) is 7.02. The van der Waals surface area contributed by atoms with E-state index in [0.717, 1.165) is 29.7 Å². The maximum Gasteiger partial charge on any atom is 0.262 e. The second kappa shape index (κ2) is 6.74. The summed E-state index contributed by atoms with van der Waals surface area (Å²) in [4.78, 5) is 53.4. The van der Waals surface area contributed by atoms with Gasteiger partial charge in [0.25, 0.3) is 11.8 Å². The molecule has 1 aromatic rings. The normalized spacial score (nSPS) is 31.6. The molecule has 4 amide bonds. The summed E-state index contributed by atoms with van der Waals surface area (Å²) in [6.07, 6.45) is 3.64. The fourth-order valence-corrected chi connectivity index (χ4v) is 5.64. The highest BCUT2D eigenvalue weighted by molar-refractivity contribution is 6.24. The average Bonchev–Trinajstić information content (AvgIpc) is 3.33. The van der Waals surface area contributed by atoms with Gasteiger partial charge in [0.15, 0.2) is 0 Å². The Morgan fingerprint density at radius 2 is 1.90 bits per heavy atom. The SMILES string of the molecule is NC[C@@H]1C[C@H]2CC[C@@H]1N2Cc1cccc2c1C(=O)N(C1CCC(=O)NC1=O)C2=O. The monoisotopic (exact) mass is 396 g/mol. The Labute approximate surface area is 168 Å². The van der Waals surface area contributed by atoms with Crippen molar-refractivity contribution in [3.8, 4) is 0 Å². The molecule has 3 fully saturated rings. The van der Waals surface area contributed by atoms with E-state index >= 15 is 0 Å². The number of hydrogen-bond acceptors (Lipinski definition) is 6. The van der Waals surface area contributed by atoms with Crippen LogP contribution in [0.15, 0.2) is 18.2 Å². The highest BCUT2D eigenvalue weighted by Crippen LogP contribution is 2.43. The van der Waals surface area contributed by atoms with Crippen LogP contribution in [0.2, 0.25) is 0 Å². The molecular weight excluding hydrogens is 372 g/mol. The van der Waals surface area contributed by atoms with Crippen LogP contribution in [-0.2, 0) is 16.1 Å². The fraction of sp³-hybridized carbons (Fsp3) is 0.524. The lowest BCUT2D eigenvalue weighted by Crippen LogP contribution is -2.54. The number of imide groups is 2. The van der Waals surface area contributed by atoms with Crippen LogP contribution in [-0.4, -0.2) is 58.1 Å². The molecule has 0 aliphatic carbocycles. The second-order valence-corrected chi connectivity index (χ2v) is 8.49. The highest BCUT2D eigenvalue weighted by Gasteiger charge is 2.48. The van der Waals surface area contributed by atoms with Gasteiger partial charge >= 0.3 is 0 Å². The molecule has 4 atom stereocenters. The molecule has 8 nitrogen and oxygen atoms in total. The molecule has 0 spiro atoms. The maximum absolute atomic E-state index is 13.2. The number of nitrogens with one attached hydrogen (secondary N) is 1. The number of rotatable bonds is 4. The number of benzene rings is 1. The van der Waals surface area contributed by atoms with E-state index in [-0.39, 0.29) is 18.7 Å². The molecule has 4 aliphatic rings. The molecule has 1 aromatic carbocycles. The summed E-state index contributed by atoms with van der Waals surface area (Å²) in [5, 5.41) is 2.23. The number of piperidine rings is 1. The quantitative estimate of drug-likeness (QED) is 0.713. The van der Waals surface area contributed by atoms with Crippen LogP contribution in [0.4, 0.5) is 0 Å². The molecule has 3 saturated heterocycles. The minimum atomic E-state index is -0.933. The molecule has 29 heavy (non-hydrogen) atoms. The molecule has 0 radical (unpaired) electrons. The van der Waals surface area contributed by atoms with Crippen LogP contribution in [0, 0.1) is 5.92 Å². The summed E-state index contributed by atoms with van der Waals surface area (Å²) in [5.41, 5.74) is 7.51. The van der Waals surface area contributed by atoms with E-state index in [1.807, 2.05) is 6.07 Å². The number of carbonyl (C=O) groups excluding carboxylic acids is 4. The summed E-state index contributed by atoms with van der Waals surface area (Å²) < 4.78 is 0. The summed E-state index contributed by atoms with van der Waals surface area (Å²) in [6, 6.07) is 5.31. The third-order valence-electron chi connectivity index (χ3n) is 7.02. The van der Waals surface area contributed by atoms with Crippen molar-refractivity contribution < 1.29 is 19.2 Å². The molecule has 4 heterocycles. The van der Waals surface area contributed by atoms with E-state index < -0.39 is 23.8 Å². The van der Waals surface area contributed by atoms with E-state index in [1.54, 1.807) is 12.1 Å². The van der Waals surface area contributed by atoms with E-state index in [2.05, 4.69) is 10.2 Å².